The number of rotatable bonds is 7. The third kappa shape index (κ3) is 4.68. The first-order valence-electron chi connectivity index (χ1n) is 11.9. The minimum Gasteiger partial charge on any atom is -0.383 e. The lowest BCUT2D eigenvalue weighted by Gasteiger charge is -2.31. The van der Waals surface area contributed by atoms with Gasteiger partial charge in [0, 0.05) is 63.1 Å². The van der Waals surface area contributed by atoms with Gasteiger partial charge >= 0.3 is 0 Å². The van der Waals surface area contributed by atoms with Crippen LogP contribution in [0.2, 0.25) is 0 Å². The number of nitrogens with zero attached hydrogens (tertiary/aromatic N) is 5. The Morgan fingerprint density at radius 3 is 2.82 bits per heavy atom. The average Bonchev–Trinajstić information content (AvgIpc) is 3.28. The molecule has 174 valence electrons. The van der Waals surface area contributed by atoms with Crippen LogP contribution < -0.4 is 5.32 Å². The zero-order valence-electron chi connectivity index (χ0n) is 20.0. The van der Waals surface area contributed by atoms with Gasteiger partial charge < -0.3 is 14.6 Å². The number of benzene rings is 1. The Bertz CT molecular complexity index is 1300. The molecule has 1 unspecified atom stereocenters. The van der Waals surface area contributed by atoms with Crippen LogP contribution in [-0.4, -0.2) is 50.9 Å². The third-order valence-electron chi connectivity index (χ3n) is 6.63. The summed E-state index contributed by atoms with van der Waals surface area (Å²) in [5.41, 5.74) is 8.34. The molecule has 0 aliphatic carbocycles. The van der Waals surface area contributed by atoms with Crippen molar-refractivity contribution >= 4 is 16.9 Å². The van der Waals surface area contributed by atoms with E-state index < -0.39 is 0 Å². The number of hydrogen-bond acceptors (Lipinski definition) is 5. The molecule has 6 nitrogen and oxygen atoms in total. The lowest BCUT2D eigenvalue weighted by Crippen LogP contribution is -2.36. The molecule has 2 aliphatic rings. The summed E-state index contributed by atoms with van der Waals surface area (Å²) in [6, 6.07) is 8.80. The fourth-order valence-electron chi connectivity index (χ4n) is 4.59. The first-order valence-corrected chi connectivity index (χ1v) is 11.9. The van der Waals surface area contributed by atoms with Gasteiger partial charge in [-0.3, -0.25) is 9.88 Å². The predicted molar refractivity (Wildman–Crippen MR) is 139 cm³/mol. The van der Waals surface area contributed by atoms with E-state index in [1.807, 2.05) is 47.1 Å². The highest BCUT2D eigenvalue weighted by Gasteiger charge is 2.18. The van der Waals surface area contributed by atoms with E-state index in [-0.39, 0.29) is 0 Å². The number of nitrogens with one attached hydrogen (secondary N) is 1. The van der Waals surface area contributed by atoms with Gasteiger partial charge in [-0.15, -0.1) is 0 Å². The summed E-state index contributed by atoms with van der Waals surface area (Å²) in [4.78, 5) is 13.9. The first-order chi connectivity index (χ1) is 16.5. The molecular weight excluding hydrogens is 420 g/mol. The smallest absolute Gasteiger partial charge is 0.156 e. The Morgan fingerprint density at radius 1 is 1.18 bits per heavy atom. The number of aromatic nitrogens is 3. The number of allylic oxidation sites excluding steroid dienone is 3. The monoisotopic (exact) mass is 452 g/mol. The molecule has 1 aromatic carbocycles. The van der Waals surface area contributed by atoms with E-state index in [2.05, 4.69) is 59.5 Å². The molecular formula is C28H32N6. The van der Waals surface area contributed by atoms with Crippen molar-refractivity contribution in [1.82, 2.24) is 29.5 Å². The van der Waals surface area contributed by atoms with Crippen LogP contribution in [0.3, 0.4) is 0 Å². The molecule has 1 atom stereocenters. The van der Waals surface area contributed by atoms with E-state index in [0.29, 0.717) is 5.92 Å². The molecule has 1 N–H and O–H groups in total. The van der Waals surface area contributed by atoms with Crippen molar-refractivity contribution < 1.29 is 0 Å². The minimum atomic E-state index is 0.504. The fourth-order valence-corrected chi connectivity index (χ4v) is 4.59. The van der Waals surface area contributed by atoms with Crippen molar-refractivity contribution in [3.8, 4) is 0 Å². The predicted octanol–water partition coefficient (Wildman–Crippen LogP) is 4.34. The van der Waals surface area contributed by atoms with Gasteiger partial charge in [0.15, 0.2) is 5.65 Å². The Labute approximate surface area is 201 Å². The molecule has 0 radical (unpaired) electrons. The van der Waals surface area contributed by atoms with Crippen molar-refractivity contribution in [2.45, 2.75) is 19.9 Å². The van der Waals surface area contributed by atoms with E-state index in [1.54, 1.807) is 6.20 Å². The molecule has 0 amide bonds. The van der Waals surface area contributed by atoms with Gasteiger partial charge in [0.1, 0.15) is 5.69 Å². The molecule has 0 saturated carbocycles. The Hall–Kier alpha value is -3.64. The Morgan fingerprint density at radius 2 is 2.00 bits per heavy atom. The molecule has 6 heteroatoms. The molecule has 2 aliphatic heterocycles. The summed E-state index contributed by atoms with van der Waals surface area (Å²) < 4.78 is 2.01. The van der Waals surface area contributed by atoms with E-state index in [9.17, 15) is 0 Å². The number of likely N-dealkylation sites (N-methyl/N-ethyl adjacent to an activating group) is 1. The molecule has 0 fully saturated rings. The largest absolute Gasteiger partial charge is 0.383 e. The summed E-state index contributed by atoms with van der Waals surface area (Å²) in [6.07, 6.45) is 13.0. The maximum atomic E-state index is 4.71. The summed E-state index contributed by atoms with van der Waals surface area (Å²) in [7, 11) is 1.99. The second-order valence-electron chi connectivity index (χ2n) is 9.40. The number of fused-ring (bicyclic) bond motifs is 2. The molecule has 5 rings (SSSR count). The van der Waals surface area contributed by atoms with Gasteiger partial charge in [0.2, 0.25) is 0 Å². The topological polar surface area (TPSA) is 48.7 Å². The van der Waals surface area contributed by atoms with Gasteiger partial charge in [-0.1, -0.05) is 44.3 Å². The summed E-state index contributed by atoms with van der Waals surface area (Å²) >= 11 is 0. The van der Waals surface area contributed by atoms with Gasteiger partial charge in [0.05, 0.1) is 17.6 Å². The molecule has 0 saturated heterocycles. The molecule has 0 spiro atoms. The van der Waals surface area contributed by atoms with Gasteiger partial charge in [-0.2, -0.15) is 0 Å². The summed E-state index contributed by atoms with van der Waals surface area (Å²) in [6.45, 7) is 14.6. The first kappa shape index (κ1) is 22.2. The van der Waals surface area contributed by atoms with E-state index in [0.717, 1.165) is 66.6 Å². The molecule has 3 aromatic rings. The van der Waals surface area contributed by atoms with Crippen LogP contribution in [0.4, 0.5) is 0 Å². The molecule has 34 heavy (non-hydrogen) atoms. The van der Waals surface area contributed by atoms with Crippen LogP contribution in [-0.2, 0) is 13.0 Å². The van der Waals surface area contributed by atoms with E-state index in [1.165, 1.54) is 11.1 Å². The molecule has 0 bridgehead atoms. The lowest BCUT2D eigenvalue weighted by atomic mass is 9.99. The van der Waals surface area contributed by atoms with Crippen molar-refractivity contribution in [2.75, 3.05) is 26.7 Å². The van der Waals surface area contributed by atoms with E-state index >= 15 is 0 Å². The zero-order chi connectivity index (χ0) is 23.7. The highest BCUT2D eigenvalue weighted by atomic mass is 15.1. The van der Waals surface area contributed by atoms with Crippen LogP contribution in [0.5, 0.6) is 0 Å². The second-order valence-corrected chi connectivity index (χ2v) is 9.40. The summed E-state index contributed by atoms with van der Waals surface area (Å²) in [5, 5.41) is 3.50. The SMILES string of the molecule is C=C(NCC(C)CN1CCc2ccccc2C1)c1cn2cc(C3=CN(C)C(=C)C=C3)ncc2n1. The fraction of sp³-hybridized carbons (Fsp3) is 0.286. The zero-order valence-corrected chi connectivity index (χ0v) is 20.0. The Kier molecular flexibility index (Phi) is 6.07. The van der Waals surface area contributed by atoms with Crippen LogP contribution >= 0.6 is 0 Å². The lowest BCUT2D eigenvalue weighted by molar-refractivity contribution is 0.220. The van der Waals surface area contributed by atoms with E-state index in [4.69, 9.17) is 4.98 Å². The average molecular weight is 453 g/mol. The Balaban J connectivity index is 1.19. The standard InChI is InChI=1S/C28H32N6/c1-20(15-33-12-11-23-7-5-6-8-24(23)17-33)13-29-22(3)26-18-34-19-27(30-14-28(34)31-26)25-10-9-21(2)32(4)16-25/h5-10,14,16,18-20,29H,2-3,11-13,15,17H2,1,4H3. The van der Waals surface area contributed by atoms with Crippen LogP contribution in [0.1, 0.15) is 29.4 Å². The van der Waals surface area contributed by atoms with Crippen molar-refractivity contribution in [3.63, 3.8) is 0 Å². The normalized spacial score (nSPS) is 16.9. The molecule has 2 aromatic heterocycles. The van der Waals surface area contributed by atoms with Crippen LogP contribution in [0.25, 0.3) is 16.9 Å². The highest BCUT2D eigenvalue weighted by Crippen LogP contribution is 2.22. The third-order valence-corrected chi connectivity index (χ3v) is 6.63. The van der Waals surface area contributed by atoms with Gasteiger partial charge in [0.25, 0.3) is 0 Å². The van der Waals surface area contributed by atoms with Crippen molar-refractivity contribution in [3.05, 3.63) is 103 Å². The number of imidazole rings is 1. The van der Waals surface area contributed by atoms with Gasteiger partial charge in [-0.05, 0) is 35.6 Å². The van der Waals surface area contributed by atoms with Gasteiger partial charge in [-0.25, -0.2) is 4.98 Å². The minimum absolute atomic E-state index is 0.504. The maximum absolute atomic E-state index is 4.71. The van der Waals surface area contributed by atoms with Crippen LogP contribution in [0, 0.1) is 5.92 Å². The summed E-state index contributed by atoms with van der Waals surface area (Å²) in [5.74, 6) is 0.504. The quantitative estimate of drug-likeness (QED) is 0.578. The van der Waals surface area contributed by atoms with Crippen molar-refractivity contribution in [1.29, 1.82) is 0 Å². The highest BCUT2D eigenvalue weighted by molar-refractivity contribution is 5.74. The maximum Gasteiger partial charge on any atom is 0.156 e. The second kappa shape index (κ2) is 9.31. The number of hydrogen-bond donors (Lipinski definition) is 1. The van der Waals surface area contributed by atoms with Crippen molar-refractivity contribution in [2.24, 2.45) is 5.92 Å². The molecule has 4 heterocycles. The van der Waals surface area contributed by atoms with Crippen LogP contribution in [0.15, 0.2) is 80.1 Å².